The second kappa shape index (κ2) is 4.72. The zero-order valence-electron chi connectivity index (χ0n) is 6.26. The minimum Gasteiger partial charge on any atom is -0.504 e. The van der Waals surface area contributed by atoms with E-state index in [9.17, 15) is 5.11 Å². The van der Waals surface area contributed by atoms with Crippen molar-refractivity contribution in [2.75, 3.05) is 0 Å². The maximum absolute atomic E-state index is 9.21. The molecule has 1 atom stereocenters. The van der Waals surface area contributed by atoms with Crippen molar-refractivity contribution in [2.45, 2.75) is 21.4 Å². The fraction of sp³-hybridized carbons (Fsp3) is 0.667. The zero-order chi connectivity index (χ0) is 9.94. The van der Waals surface area contributed by atoms with Gasteiger partial charge in [0.15, 0.2) is 3.23 Å². The highest BCUT2D eigenvalue weighted by atomic mass is 79.9. The Morgan fingerprint density at radius 2 is 1.75 bits per heavy atom. The molecule has 0 aliphatic rings. The summed E-state index contributed by atoms with van der Waals surface area (Å²) in [6.45, 7) is 1.89. The van der Waals surface area contributed by atoms with Crippen LogP contribution in [0.2, 0.25) is 0 Å². The topological polar surface area (TPSA) is 60.7 Å². The van der Waals surface area contributed by atoms with Crippen LogP contribution in [-0.2, 0) is 0 Å². The van der Waals surface area contributed by atoms with Crippen molar-refractivity contribution in [1.29, 1.82) is 0 Å². The van der Waals surface area contributed by atoms with E-state index in [1.807, 2.05) is 6.92 Å². The van der Waals surface area contributed by atoms with E-state index in [4.69, 9.17) is 10.2 Å². The van der Waals surface area contributed by atoms with Gasteiger partial charge in [0, 0.05) is 4.83 Å². The molecule has 6 heteroatoms. The summed E-state index contributed by atoms with van der Waals surface area (Å²) < 4.78 is -1.03. The van der Waals surface area contributed by atoms with E-state index in [1.165, 1.54) is 0 Å². The number of hydrogen-bond donors (Lipinski definition) is 3. The van der Waals surface area contributed by atoms with Gasteiger partial charge in [-0.2, -0.15) is 0 Å². The third kappa shape index (κ3) is 2.81. The van der Waals surface area contributed by atoms with Gasteiger partial charge in [-0.3, -0.25) is 0 Å². The van der Waals surface area contributed by atoms with Crippen LogP contribution in [0.1, 0.15) is 13.3 Å². The Balaban J connectivity index is 4.73. The summed E-state index contributed by atoms with van der Waals surface area (Å²) in [6.07, 6.45) is 0.702. The van der Waals surface area contributed by atoms with Crippen LogP contribution in [0, 0.1) is 0 Å². The molecular formula is C6H9Br3O3. The van der Waals surface area contributed by atoms with Gasteiger partial charge in [-0.05, 0) is 6.42 Å². The highest BCUT2D eigenvalue weighted by molar-refractivity contribution is 9.26. The second-order valence-electron chi connectivity index (χ2n) is 2.17. The van der Waals surface area contributed by atoms with E-state index in [1.54, 1.807) is 0 Å². The second-order valence-corrected chi connectivity index (χ2v) is 6.84. The van der Waals surface area contributed by atoms with Crippen LogP contribution in [0.4, 0.5) is 0 Å². The molecule has 0 rings (SSSR count). The Kier molecular flexibility index (Phi) is 4.94. The van der Waals surface area contributed by atoms with Crippen LogP contribution in [0.15, 0.2) is 11.7 Å². The van der Waals surface area contributed by atoms with Crippen molar-refractivity contribution in [2.24, 2.45) is 0 Å². The van der Waals surface area contributed by atoms with Gasteiger partial charge in [0.25, 0.3) is 0 Å². The van der Waals surface area contributed by atoms with Crippen molar-refractivity contribution < 1.29 is 15.3 Å². The van der Waals surface area contributed by atoms with Crippen LogP contribution >= 0.6 is 47.8 Å². The van der Waals surface area contributed by atoms with Gasteiger partial charge < -0.3 is 15.3 Å². The minimum absolute atomic E-state index is 0.153. The first-order valence-corrected chi connectivity index (χ1v) is 5.67. The Morgan fingerprint density at radius 1 is 1.33 bits per heavy atom. The van der Waals surface area contributed by atoms with Gasteiger partial charge in [0.2, 0.25) is 5.76 Å². The molecule has 0 aromatic rings. The van der Waals surface area contributed by atoms with Gasteiger partial charge in [-0.15, -0.1) is 0 Å². The van der Waals surface area contributed by atoms with E-state index in [2.05, 4.69) is 47.8 Å². The molecule has 0 fully saturated rings. The first-order valence-electron chi connectivity index (χ1n) is 3.17. The molecule has 1 unspecified atom stereocenters. The Hall–Kier alpha value is 0.580. The van der Waals surface area contributed by atoms with Crippen molar-refractivity contribution >= 4 is 47.8 Å². The normalized spacial score (nSPS) is 14.0. The number of aliphatic hydroxyl groups excluding tert-OH is 2. The number of hydrogen-bond acceptors (Lipinski definition) is 3. The molecule has 0 saturated carbocycles. The molecule has 3 nitrogen and oxygen atoms in total. The highest BCUT2D eigenvalue weighted by Crippen LogP contribution is 2.42. The number of rotatable bonds is 3. The van der Waals surface area contributed by atoms with Gasteiger partial charge in [-0.1, -0.05) is 54.7 Å². The number of halogens is 3. The van der Waals surface area contributed by atoms with Gasteiger partial charge in [0.05, 0.1) is 0 Å². The third-order valence-corrected chi connectivity index (χ3v) is 5.70. The lowest BCUT2D eigenvalue weighted by Gasteiger charge is -2.23. The molecule has 0 aromatic heterocycles. The van der Waals surface area contributed by atoms with Crippen LogP contribution in [0.5, 0.6) is 0 Å². The van der Waals surface area contributed by atoms with E-state index < -0.39 is 14.9 Å². The summed E-state index contributed by atoms with van der Waals surface area (Å²) in [7, 11) is 0. The molecule has 0 aliphatic heterocycles. The predicted octanol–water partition coefficient (Wildman–Crippen LogP) is 3.49. The van der Waals surface area contributed by atoms with E-state index >= 15 is 0 Å². The van der Waals surface area contributed by atoms with Crippen LogP contribution in [0.25, 0.3) is 0 Å². The summed E-state index contributed by atoms with van der Waals surface area (Å²) in [6, 6.07) is 0. The number of allylic oxidation sites excluding steroid dienone is 1. The molecule has 0 radical (unpaired) electrons. The molecule has 12 heavy (non-hydrogen) atoms. The molecule has 3 N–H and O–H groups in total. The smallest absolute Gasteiger partial charge is 0.316 e. The average molecular weight is 369 g/mol. The molecular weight excluding hydrogens is 360 g/mol. The Labute approximate surface area is 95.9 Å². The molecule has 0 amide bonds. The average Bonchev–Trinajstić information content (AvgIpc) is 2.01. The summed E-state index contributed by atoms with van der Waals surface area (Å²) in [5.74, 6) is -1.65. The molecule has 0 bridgehead atoms. The molecule has 0 heterocycles. The van der Waals surface area contributed by atoms with E-state index in [0.29, 0.717) is 6.42 Å². The molecule has 72 valence electrons. The lowest BCUT2D eigenvalue weighted by atomic mass is 10.2. The highest BCUT2D eigenvalue weighted by Gasteiger charge is 2.38. The zero-order valence-corrected chi connectivity index (χ0v) is 11.0. The van der Waals surface area contributed by atoms with Crippen LogP contribution < -0.4 is 0 Å². The SMILES string of the molecule is CCC(Br)C(Br)(Br)C(O)=C(O)O. The first-order chi connectivity index (χ1) is 5.34. The summed E-state index contributed by atoms with van der Waals surface area (Å²) in [5, 5.41) is 26.4. The first kappa shape index (κ1) is 12.6. The third-order valence-electron chi connectivity index (χ3n) is 1.28. The monoisotopic (exact) mass is 366 g/mol. The fourth-order valence-electron chi connectivity index (χ4n) is 0.554. The summed E-state index contributed by atoms with van der Waals surface area (Å²) in [4.78, 5) is -0.153. The predicted molar refractivity (Wildman–Crippen MR) is 58.5 cm³/mol. The van der Waals surface area contributed by atoms with Crippen molar-refractivity contribution in [3.8, 4) is 0 Å². The summed E-state index contributed by atoms with van der Waals surface area (Å²) in [5.41, 5.74) is 0. The maximum atomic E-state index is 9.21. The van der Waals surface area contributed by atoms with Crippen molar-refractivity contribution in [1.82, 2.24) is 0 Å². The van der Waals surface area contributed by atoms with Crippen molar-refractivity contribution in [3.05, 3.63) is 11.7 Å². The lowest BCUT2D eigenvalue weighted by Crippen LogP contribution is -2.28. The van der Waals surface area contributed by atoms with Crippen LogP contribution in [-0.4, -0.2) is 23.4 Å². The van der Waals surface area contributed by atoms with Gasteiger partial charge >= 0.3 is 5.95 Å². The fourth-order valence-corrected chi connectivity index (χ4v) is 1.77. The minimum atomic E-state index is -1.10. The van der Waals surface area contributed by atoms with Gasteiger partial charge in [-0.25, -0.2) is 0 Å². The van der Waals surface area contributed by atoms with Crippen molar-refractivity contribution in [3.63, 3.8) is 0 Å². The largest absolute Gasteiger partial charge is 0.504 e. The Morgan fingerprint density at radius 3 is 2.00 bits per heavy atom. The maximum Gasteiger partial charge on any atom is 0.316 e. The Bertz CT molecular complexity index is 186. The van der Waals surface area contributed by atoms with E-state index in [0.717, 1.165) is 0 Å². The molecule has 0 aliphatic carbocycles. The summed E-state index contributed by atoms with van der Waals surface area (Å²) >= 11 is 9.49. The lowest BCUT2D eigenvalue weighted by molar-refractivity contribution is 0.154. The van der Waals surface area contributed by atoms with Crippen LogP contribution in [0.3, 0.4) is 0 Å². The molecule has 0 spiro atoms. The van der Waals surface area contributed by atoms with E-state index in [-0.39, 0.29) is 4.83 Å². The quantitative estimate of drug-likeness (QED) is 0.528. The number of alkyl halides is 3. The van der Waals surface area contributed by atoms with Gasteiger partial charge in [0.1, 0.15) is 0 Å². The molecule has 0 saturated heterocycles. The standard InChI is InChI=1S/C6H9Br3O3/c1-2-3(7)6(8,9)4(10)5(11)12/h3,10-12H,2H2,1H3. The number of aliphatic hydroxyl groups is 3. The molecule has 0 aromatic carbocycles.